The van der Waals surface area contributed by atoms with Gasteiger partial charge in [0.2, 0.25) is 0 Å². The van der Waals surface area contributed by atoms with E-state index in [0.717, 1.165) is 37.7 Å². The normalized spacial score (nSPS) is 14.9. The van der Waals surface area contributed by atoms with Crippen molar-refractivity contribution in [1.29, 1.82) is 0 Å². The van der Waals surface area contributed by atoms with Crippen molar-refractivity contribution < 1.29 is 18.7 Å². The fourth-order valence-corrected chi connectivity index (χ4v) is 5.96. The molecule has 0 aliphatic carbocycles. The number of nitrogens with zero attached hydrogens (tertiary/aromatic N) is 3. The average molecular weight is 539 g/mol. The molecule has 5 aromatic rings. The van der Waals surface area contributed by atoms with Gasteiger partial charge in [0.15, 0.2) is 0 Å². The smallest absolute Gasteiger partial charge is 0.307 e. The standard InChI is InChI=1S/C30H26N4O4S/c1-33-23-12-8-11-21-26(39-25-14-7-6-13-24(25)37-2)18-34(27(21)23)17-22(30(33)36)32-28(35)29-31-16-20(38-29)15-19-9-4-3-5-10-19/h3-14,16,18,22H,15,17H2,1-2H3,(H,32,35)/t22-/m0/s1. The largest absolute Gasteiger partial charge is 0.496 e. The SMILES string of the molecule is COc1ccccc1Sc1cn2c3c(cccc13)N(C)C(=O)[C@@H](NC(=O)c1ncc(Cc3ccccc3)o1)C2. The molecule has 0 saturated carbocycles. The highest BCUT2D eigenvalue weighted by Gasteiger charge is 2.32. The minimum absolute atomic E-state index is 0.0665. The fraction of sp³-hybridized carbons (Fsp3) is 0.167. The van der Waals surface area contributed by atoms with E-state index < -0.39 is 11.9 Å². The zero-order chi connectivity index (χ0) is 26.9. The van der Waals surface area contributed by atoms with Crippen molar-refractivity contribution in [2.24, 2.45) is 0 Å². The number of nitrogens with one attached hydrogen (secondary N) is 1. The van der Waals surface area contributed by atoms with Gasteiger partial charge in [-0.25, -0.2) is 4.98 Å². The van der Waals surface area contributed by atoms with Gasteiger partial charge in [0, 0.05) is 29.9 Å². The number of oxazole rings is 1. The van der Waals surface area contributed by atoms with E-state index in [1.165, 1.54) is 0 Å². The number of aromatic nitrogens is 2. The van der Waals surface area contributed by atoms with E-state index in [-0.39, 0.29) is 18.3 Å². The van der Waals surface area contributed by atoms with E-state index in [9.17, 15) is 9.59 Å². The molecule has 0 saturated heterocycles. The van der Waals surface area contributed by atoms with E-state index in [4.69, 9.17) is 9.15 Å². The Bertz CT molecular complexity index is 1680. The van der Waals surface area contributed by atoms with Crippen LogP contribution in [0.2, 0.25) is 0 Å². The minimum Gasteiger partial charge on any atom is -0.496 e. The monoisotopic (exact) mass is 538 g/mol. The number of ether oxygens (including phenoxy) is 1. The first-order valence-corrected chi connectivity index (χ1v) is 13.3. The van der Waals surface area contributed by atoms with Gasteiger partial charge >= 0.3 is 5.91 Å². The number of hydrogen-bond donors (Lipinski definition) is 1. The second kappa shape index (κ2) is 10.3. The zero-order valence-electron chi connectivity index (χ0n) is 21.5. The Morgan fingerprint density at radius 3 is 2.69 bits per heavy atom. The Hall–Kier alpha value is -4.50. The van der Waals surface area contributed by atoms with Crippen molar-refractivity contribution in [2.75, 3.05) is 19.1 Å². The molecule has 0 spiro atoms. The molecule has 1 atom stereocenters. The molecule has 196 valence electrons. The summed E-state index contributed by atoms with van der Waals surface area (Å²) in [5.41, 5.74) is 2.77. The maximum absolute atomic E-state index is 13.4. The Morgan fingerprint density at radius 1 is 1.08 bits per heavy atom. The highest BCUT2D eigenvalue weighted by atomic mass is 32.2. The molecule has 1 aliphatic heterocycles. The van der Waals surface area contributed by atoms with Crippen molar-refractivity contribution in [3.8, 4) is 5.75 Å². The van der Waals surface area contributed by atoms with Gasteiger partial charge in [0.25, 0.3) is 11.8 Å². The van der Waals surface area contributed by atoms with E-state index in [1.54, 1.807) is 37.0 Å². The number of carbonyl (C=O) groups is 2. The van der Waals surface area contributed by atoms with Gasteiger partial charge in [-0.2, -0.15) is 0 Å². The molecule has 9 heteroatoms. The maximum atomic E-state index is 13.4. The second-order valence-electron chi connectivity index (χ2n) is 9.29. The molecule has 8 nitrogen and oxygen atoms in total. The summed E-state index contributed by atoms with van der Waals surface area (Å²) in [7, 11) is 3.39. The number of hydrogen-bond acceptors (Lipinski definition) is 6. The predicted molar refractivity (Wildman–Crippen MR) is 149 cm³/mol. The van der Waals surface area contributed by atoms with Crippen LogP contribution in [0.4, 0.5) is 5.69 Å². The van der Waals surface area contributed by atoms with Gasteiger partial charge in [0.05, 0.1) is 36.0 Å². The Morgan fingerprint density at radius 2 is 1.87 bits per heavy atom. The lowest BCUT2D eigenvalue weighted by molar-refractivity contribution is -0.120. The molecule has 0 radical (unpaired) electrons. The molecule has 39 heavy (non-hydrogen) atoms. The summed E-state index contributed by atoms with van der Waals surface area (Å²) in [4.78, 5) is 34.3. The lowest BCUT2D eigenvalue weighted by atomic mass is 10.1. The van der Waals surface area contributed by atoms with Crippen LogP contribution in [0.3, 0.4) is 0 Å². The second-order valence-corrected chi connectivity index (χ2v) is 10.4. The molecule has 0 bridgehead atoms. The summed E-state index contributed by atoms with van der Waals surface area (Å²) < 4.78 is 13.3. The van der Waals surface area contributed by atoms with E-state index in [1.807, 2.05) is 83.6 Å². The lowest BCUT2D eigenvalue weighted by Crippen LogP contribution is -2.48. The van der Waals surface area contributed by atoms with E-state index >= 15 is 0 Å². The van der Waals surface area contributed by atoms with Crippen molar-refractivity contribution >= 4 is 40.2 Å². The first kappa shape index (κ1) is 24.8. The van der Waals surface area contributed by atoms with Crippen LogP contribution in [0.25, 0.3) is 10.9 Å². The summed E-state index contributed by atoms with van der Waals surface area (Å²) in [5, 5.41) is 3.88. The number of methoxy groups -OCH3 is 1. The number of carbonyl (C=O) groups excluding carboxylic acids is 2. The Labute approximate surface area is 229 Å². The van der Waals surface area contributed by atoms with Crippen LogP contribution in [0, 0.1) is 0 Å². The highest BCUT2D eigenvalue weighted by Crippen LogP contribution is 2.42. The summed E-state index contributed by atoms with van der Waals surface area (Å²) in [6.45, 7) is 0.270. The fourth-order valence-electron chi connectivity index (χ4n) is 4.87. The summed E-state index contributed by atoms with van der Waals surface area (Å²) in [5.74, 6) is 0.562. The van der Waals surface area contributed by atoms with Crippen LogP contribution in [0.15, 0.2) is 99.4 Å². The van der Waals surface area contributed by atoms with Crippen molar-refractivity contribution in [3.63, 3.8) is 0 Å². The molecule has 1 N–H and O–H groups in total. The lowest BCUT2D eigenvalue weighted by Gasteiger charge is -2.21. The first-order chi connectivity index (χ1) is 19.0. The minimum atomic E-state index is -0.806. The molecule has 3 aromatic carbocycles. The third-order valence-corrected chi connectivity index (χ3v) is 7.88. The topological polar surface area (TPSA) is 89.6 Å². The molecule has 3 heterocycles. The van der Waals surface area contributed by atoms with Gasteiger partial charge in [0.1, 0.15) is 17.6 Å². The molecule has 6 rings (SSSR count). The van der Waals surface area contributed by atoms with E-state index in [2.05, 4.69) is 10.3 Å². The average Bonchev–Trinajstić information content (AvgIpc) is 3.55. The van der Waals surface area contributed by atoms with Gasteiger partial charge in [-0.15, -0.1) is 0 Å². The number of benzene rings is 3. The molecule has 2 aromatic heterocycles. The van der Waals surface area contributed by atoms with Crippen LogP contribution in [-0.2, 0) is 17.8 Å². The molecule has 0 fully saturated rings. The van der Waals surface area contributed by atoms with Crippen molar-refractivity contribution in [3.05, 3.63) is 102 Å². The van der Waals surface area contributed by atoms with Gasteiger partial charge in [-0.3, -0.25) is 9.59 Å². The summed E-state index contributed by atoms with van der Waals surface area (Å²) in [6, 6.07) is 22.8. The molecule has 0 unspecified atom stereocenters. The molecular weight excluding hydrogens is 512 g/mol. The summed E-state index contributed by atoms with van der Waals surface area (Å²) >= 11 is 1.60. The van der Waals surface area contributed by atoms with Crippen LogP contribution in [0.5, 0.6) is 5.75 Å². The third-order valence-electron chi connectivity index (χ3n) is 6.77. The number of para-hydroxylation sites is 2. The van der Waals surface area contributed by atoms with E-state index in [0.29, 0.717) is 12.2 Å². The number of likely N-dealkylation sites (N-methyl/N-ethyl adjacent to an activating group) is 1. The van der Waals surface area contributed by atoms with Crippen LogP contribution in [0.1, 0.15) is 22.0 Å². The van der Waals surface area contributed by atoms with Gasteiger partial charge in [-0.05, 0) is 23.8 Å². The number of rotatable bonds is 7. The maximum Gasteiger partial charge on any atom is 0.307 e. The number of amides is 2. The van der Waals surface area contributed by atoms with Crippen molar-refractivity contribution in [1.82, 2.24) is 14.9 Å². The van der Waals surface area contributed by atoms with Crippen LogP contribution in [-0.4, -0.2) is 41.6 Å². The molecular formula is C30H26N4O4S. The van der Waals surface area contributed by atoms with Crippen LogP contribution < -0.4 is 15.0 Å². The van der Waals surface area contributed by atoms with Crippen molar-refractivity contribution in [2.45, 2.75) is 28.8 Å². The molecule has 2 amide bonds. The zero-order valence-corrected chi connectivity index (χ0v) is 22.3. The highest BCUT2D eigenvalue weighted by molar-refractivity contribution is 7.99. The van der Waals surface area contributed by atoms with Gasteiger partial charge in [-0.1, -0.05) is 66.4 Å². The van der Waals surface area contributed by atoms with Gasteiger partial charge < -0.3 is 23.9 Å². The van der Waals surface area contributed by atoms with Crippen LogP contribution >= 0.6 is 11.8 Å². The molecule has 1 aliphatic rings. The Balaban J connectivity index is 1.27. The summed E-state index contributed by atoms with van der Waals surface area (Å²) in [6.07, 6.45) is 4.10. The third kappa shape index (κ3) is 4.77. The predicted octanol–water partition coefficient (Wildman–Crippen LogP) is 5.15. The number of anilines is 1. The first-order valence-electron chi connectivity index (χ1n) is 12.5. The Kier molecular flexibility index (Phi) is 6.58. The quantitative estimate of drug-likeness (QED) is 0.308.